The first-order valence-corrected chi connectivity index (χ1v) is 8.37. The summed E-state index contributed by atoms with van der Waals surface area (Å²) in [5, 5.41) is 0. The Hall–Kier alpha value is -0.910. The van der Waals surface area contributed by atoms with Crippen LogP contribution in [0.5, 0.6) is 0 Å². The molecule has 1 amide bonds. The second-order valence-corrected chi connectivity index (χ2v) is 6.60. The third-order valence-corrected chi connectivity index (χ3v) is 4.77. The lowest BCUT2D eigenvalue weighted by Gasteiger charge is -2.31. The maximum Gasteiger partial charge on any atom is 0.224 e. The molecule has 4 nitrogen and oxygen atoms in total. The molecule has 0 aromatic heterocycles. The minimum atomic E-state index is 0.273. The van der Waals surface area contributed by atoms with Crippen molar-refractivity contribution >= 4 is 21.8 Å². The van der Waals surface area contributed by atoms with E-state index >= 15 is 0 Å². The number of morpholine rings is 1. The lowest BCUT2D eigenvalue weighted by atomic mass is 10.00. The number of hydrogen-bond donors (Lipinski definition) is 0. The fourth-order valence-corrected chi connectivity index (χ4v) is 3.38. The van der Waals surface area contributed by atoms with Gasteiger partial charge in [-0.2, -0.15) is 0 Å². The maximum atomic E-state index is 12.4. The molecule has 0 unspecified atom stereocenters. The van der Waals surface area contributed by atoms with Gasteiger partial charge in [-0.3, -0.25) is 9.69 Å². The van der Waals surface area contributed by atoms with Crippen LogP contribution in [0.25, 0.3) is 0 Å². The van der Waals surface area contributed by atoms with Crippen molar-refractivity contribution in [1.29, 1.82) is 0 Å². The van der Waals surface area contributed by atoms with Crippen molar-refractivity contribution in [2.75, 3.05) is 39.4 Å². The highest BCUT2D eigenvalue weighted by atomic mass is 79.9. The first-order valence-electron chi connectivity index (χ1n) is 7.57. The minimum absolute atomic E-state index is 0.273. The number of carbonyl (C=O) groups excluding carboxylic acids is 1. The first kappa shape index (κ1) is 15.0. The molecule has 0 radical (unpaired) electrons. The fraction of sp³-hybridized carbons (Fsp3) is 0.562. The number of hydrogen-bond acceptors (Lipinski definition) is 3. The molecule has 21 heavy (non-hydrogen) atoms. The van der Waals surface area contributed by atoms with Crippen LogP contribution in [0.4, 0.5) is 0 Å². The fourth-order valence-electron chi connectivity index (χ4n) is 2.97. The molecule has 2 heterocycles. The third-order valence-electron chi connectivity index (χ3n) is 4.28. The van der Waals surface area contributed by atoms with E-state index in [2.05, 4.69) is 39.0 Å². The van der Waals surface area contributed by atoms with Crippen LogP contribution in [0.1, 0.15) is 17.5 Å². The summed E-state index contributed by atoms with van der Waals surface area (Å²) < 4.78 is 6.45. The number of fused-ring (bicyclic) bond motifs is 1. The van der Waals surface area contributed by atoms with Gasteiger partial charge in [-0.05, 0) is 29.7 Å². The van der Waals surface area contributed by atoms with E-state index in [0.29, 0.717) is 6.42 Å². The van der Waals surface area contributed by atoms with E-state index in [9.17, 15) is 4.79 Å². The highest BCUT2D eigenvalue weighted by Gasteiger charge is 2.21. The van der Waals surface area contributed by atoms with Crippen LogP contribution in [-0.4, -0.2) is 55.1 Å². The summed E-state index contributed by atoms with van der Waals surface area (Å²) in [6, 6.07) is 6.35. The van der Waals surface area contributed by atoms with E-state index in [0.717, 1.165) is 56.8 Å². The van der Waals surface area contributed by atoms with Gasteiger partial charge in [-0.1, -0.05) is 22.0 Å². The average molecular weight is 353 g/mol. The van der Waals surface area contributed by atoms with Crippen LogP contribution in [-0.2, 0) is 22.5 Å². The van der Waals surface area contributed by atoms with E-state index in [4.69, 9.17) is 4.74 Å². The largest absolute Gasteiger partial charge is 0.379 e. The number of amides is 1. The Morgan fingerprint density at radius 3 is 2.81 bits per heavy atom. The van der Waals surface area contributed by atoms with Crippen LogP contribution in [0, 0.1) is 0 Å². The summed E-state index contributed by atoms with van der Waals surface area (Å²) in [5.41, 5.74) is 2.64. The van der Waals surface area contributed by atoms with Crippen LogP contribution in [0.3, 0.4) is 0 Å². The van der Waals surface area contributed by atoms with Crippen molar-refractivity contribution in [3.05, 3.63) is 33.8 Å². The van der Waals surface area contributed by atoms with Crippen LogP contribution >= 0.6 is 15.9 Å². The predicted molar refractivity (Wildman–Crippen MR) is 85.1 cm³/mol. The van der Waals surface area contributed by atoms with Gasteiger partial charge in [0.1, 0.15) is 0 Å². The molecule has 114 valence electrons. The number of ether oxygens (including phenoxy) is 1. The highest BCUT2D eigenvalue weighted by molar-refractivity contribution is 9.10. The number of halogens is 1. The van der Waals surface area contributed by atoms with Crippen molar-refractivity contribution < 1.29 is 9.53 Å². The number of nitrogens with zero attached hydrogens (tertiary/aromatic N) is 2. The van der Waals surface area contributed by atoms with Gasteiger partial charge < -0.3 is 9.64 Å². The summed E-state index contributed by atoms with van der Waals surface area (Å²) in [6.07, 6.45) is 1.57. The van der Waals surface area contributed by atoms with E-state index in [1.54, 1.807) is 0 Å². The Kier molecular flexibility index (Phi) is 4.93. The SMILES string of the molecule is O=C(CCN1CCOCC1)N1CCc2cc(Br)ccc2C1. The summed E-state index contributed by atoms with van der Waals surface area (Å²) >= 11 is 3.51. The standard InChI is InChI=1S/C16H21BrN2O2/c17-15-2-1-14-12-19(6-3-13(14)11-15)16(20)4-5-18-7-9-21-10-8-18/h1-2,11H,3-10,12H2. The second kappa shape index (κ2) is 6.90. The number of carbonyl (C=O) groups is 1. The summed E-state index contributed by atoms with van der Waals surface area (Å²) in [7, 11) is 0. The monoisotopic (exact) mass is 352 g/mol. The van der Waals surface area contributed by atoms with Gasteiger partial charge >= 0.3 is 0 Å². The smallest absolute Gasteiger partial charge is 0.224 e. The van der Waals surface area contributed by atoms with Crippen LogP contribution in [0.2, 0.25) is 0 Å². The van der Waals surface area contributed by atoms with Gasteiger partial charge in [0.15, 0.2) is 0 Å². The zero-order chi connectivity index (χ0) is 14.7. The Bertz CT molecular complexity index is 515. The maximum absolute atomic E-state index is 12.4. The van der Waals surface area contributed by atoms with Crippen LogP contribution in [0.15, 0.2) is 22.7 Å². The third kappa shape index (κ3) is 3.84. The van der Waals surface area contributed by atoms with Gasteiger partial charge in [-0.15, -0.1) is 0 Å². The van der Waals surface area contributed by atoms with Crippen molar-refractivity contribution in [2.45, 2.75) is 19.4 Å². The normalized spacial score (nSPS) is 19.4. The van der Waals surface area contributed by atoms with Gasteiger partial charge in [-0.25, -0.2) is 0 Å². The number of benzene rings is 1. The van der Waals surface area contributed by atoms with Gasteiger partial charge in [0, 0.05) is 43.6 Å². The molecular formula is C16H21BrN2O2. The molecule has 2 aliphatic rings. The second-order valence-electron chi connectivity index (χ2n) is 5.68. The predicted octanol–water partition coefficient (Wildman–Crippen LogP) is 2.06. The van der Waals surface area contributed by atoms with Crippen molar-refractivity contribution in [1.82, 2.24) is 9.80 Å². The molecule has 1 aromatic carbocycles. The van der Waals surface area contributed by atoms with Crippen molar-refractivity contribution in [3.63, 3.8) is 0 Å². The molecule has 0 saturated carbocycles. The molecule has 0 N–H and O–H groups in total. The Morgan fingerprint density at radius 2 is 2.00 bits per heavy atom. The zero-order valence-electron chi connectivity index (χ0n) is 12.2. The van der Waals surface area contributed by atoms with E-state index < -0.39 is 0 Å². The molecule has 0 bridgehead atoms. The average Bonchev–Trinajstić information content (AvgIpc) is 2.53. The Morgan fingerprint density at radius 1 is 1.19 bits per heavy atom. The highest BCUT2D eigenvalue weighted by Crippen LogP contribution is 2.23. The van der Waals surface area contributed by atoms with Crippen LogP contribution < -0.4 is 0 Å². The van der Waals surface area contributed by atoms with E-state index in [1.165, 1.54) is 11.1 Å². The van der Waals surface area contributed by atoms with Gasteiger partial charge in [0.2, 0.25) is 5.91 Å². The Balaban J connectivity index is 1.53. The van der Waals surface area contributed by atoms with E-state index in [1.807, 2.05) is 4.90 Å². The van der Waals surface area contributed by atoms with Crippen molar-refractivity contribution in [2.24, 2.45) is 0 Å². The molecule has 0 aliphatic carbocycles. The molecule has 1 aromatic rings. The van der Waals surface area contributed by atoms with Gasteiger partial charge in [0.25, 0.3) is 0 Å². The molecule has 5 heteroatoms. The van der Waals surface area contributed by atoms with E-state index in [-0.39, 0.29) is 5.91 Å². The lowest BCUT2D eigenvalue weighted by molar-refractivity contribution is -0.132. The summed E-state index contributed by atoms with van der Waals surface area (Å²) in [6.45, 7) is 5.93. The topological polar surface area (TPSA) is 32.8 Å². The quantitative estimate of drug-likeness (QED) is 0.834. The summed E-state index contributed by atoms with van der Waals surface area (Å²) in [5.74, 6) is 0.273. The number of rotatable bonds is 3. The molecule has 3 rings (SSSR count). The lowest BCUT2D eigenvalue weighted by Crippen LogP contribution is -2.41. The molecule has 0 spiro atoms. The molecular weight excluding hydrogens is 332 g/mol. The molecule has 1 saturated heterocycles. The summed E-state index contributed by atoms with van der Waals surface area (Å²) in [4.78, 5) is 16.7. The zero-order valence-corrected chi connectivity index (χ0v) is 13.8. The van der Waals surface area contributed by atoms with Crippen molar-refractivity contribution in [3.8, 4) is 0 Å². The molecule has 1 fully saturated rings. The van der Waals surface area contributed by atoms with Gasteiger partial charge in [0.05, 0.1) is 13.2 Å². The first-order chi connectivity index (χ1) is 10.2. The Labute approximate surface area is 134 Å². The minimum Gasteiger partial charge on any atom is -0.379 e. The molecule has 0 atom stereocenters. The molecule has 2 aliphatic heterocycles.